The molecule has 14 heteroatoms. The van der Waals surface area contributed by atoms with Gasteiger partial charge in [-0.1, -0.05) is 33.6 Å². The van der Waals surface area contributed by atoms with Crippen molar-refractivity contribution in [1.29, 1.82) is 5.26 Å². The molecule has 34 heavy (non-hydrogen) atoms. The Balaban J connectivity index is 2.57. The Labute approximate surface area is 211 Å². The van der Waals surface area contributed by atoms with Crippen molar-refractivity contribution < 1.29 is 23.0 Å². The molecule has 0 bridgehead atoms. The third kappa shape index (κ3) is 7.64. The van der Waals surface area contributed by atoms with Crippen molar-refractivity contribution >= 4 is 50.4 Å². The van der Waals surface area contributed by atoms with Crippen molar-refractivity contribution in [2.24, 2.45) is 0 Å². The molecule has 0 aliphatic carbocycles. The highest BCUT2D eigenvalue weighted by Gasteiger charge is 2.33. The topological polar surface area (TPSA) is 136 Å². The lowest BCUT2D eigenvalue weighted by molar-refractivity contribution is -0.384. The summed E-state index contributed by atoms with van der Waals surface area (Å²) in [6, 6.07) is 6.62. The maximum Gasteiger partial charge on any atom is 0.387 e. The summed E-state index contributed by atoms with van der Waals surface area (Å²) in [6.07, 6.45) is -0.147. The van der Waals surface area contributed by atoms with Crippen LogP contribution < -0.4 is 14.8 Å². The first-order valence-electron chi connectivity index (χ1n) is 9.71. The number of rotatable bonds is 10. The summed E-state index contributed by atoms with van der Waals surface area (Å²) in [5.74, 6) is -0.463. The van der Waals surface area contributed by atoms with Crippen molar-refractivity contribution in [3.05, 3.63) is 55.6 Å². The van der Waals surface area contributed by atoms with E-state index in [0.717, 1.165) is 6.07 Å². The van der Waals surface area contributed by atoms with E-state index < -0.39 is 45.4 Å². The predicted molar refractivity (Wildman–Crippen MR) is 128 cm³/mol. The van der Waals surface area contributed by atoms with Crippen molar-refractivity contribution in [3.8, 4) is 11.8 Å². The van der Waals surface area contributed by atoms with E-state index in [0.29, 0.717) is 4.47 Å². The molecule has 1 aromatic heterocycles. The van der Waals surface area contributed by atoms with E-state index in [-0.39, 0.29) is 28.7 Å². The van der Waals surface area contributed by atoms with E-state index in [1.54, 1.807) is 26.8 Å². The maximum atomic E-state index is 13.1. The van der Waals surface area contributed by atoms with Crippen molar-refractivity contribution in [3.63, 3.8) is 0 Å². The predicted octanol–water partition coefficient (Wildman–Crippen LogP) is 5.49. The van der Waals surface area contributed by atoms with E-state index in [2.05, 4.69) is 35.7 Å². The minimum absolute atomic E-state index is 0.0492. The largest absolute Gasteiger partial charge is 0.598 e. The monoisotopic (exact) mass is 579 g/mol. The molecule has 0 aliphatic rings. The molecule has 2 N–H and O–H groups in total. The fourth-order valence-corrected chi connectivity index (χ4v) is 4.35. The third-order valence-corrected chi connectivity index (χ3v) is 6.87. The molecular weight excluding hydrogens is 560 g/mol. The number of nitriles is 1. The number of pyridine rings is 1. The van der Waals surface area contributed by atoms with Gasteiger partial charge in [-0.2, -0.15) is 14.0 Å². The fraction of sp³-hybridized carbons (Fsp3) is 0.400. The molecule has 0 aliphatic heterocycles. The van der Waals surface area contributed by atoms with Crippen LogP contribution in [0.4, 0.5) is 20.3 Å². The first kappa shape index (κ1) is 28.0. The zero-order valence-corrected chi connectivity index (χ0v) is 21.4. The number of aromatic nitrogens is 1. The zero-order valence-electron chi connectivity index (χ0n) is 18.2. The number of halogens is 4. The third-order valence-electron chi connectivity index (χ3n) is 4.36. The summed E-state index contributed by atoms with van der Waals surface area (Å²) in [5.41, 5.74) is -0.264. The number of hydrogen-bond donors (Lipinski definition) is 2. The molecule has 0 radical (unpaired) electrons. The summed E-state index contributed by atoms with van der Waals surface area (Å²) in [5, 5.41) is 24.0. The average molecular weight is 581 g/mol. The van der Waals surface area contributed by atoms with Crippen LogP contribution >= 0.6 is 27.5 Å². The van der Waals surface area contributed by atoms with Crippen LogP contribution in [0.5, 0.6) is 5.75 Å². The molecule has 9 nitrogen and oxygen atoms in total. The van der Waals surface area contributed by atoms with E-state index in [9.17, 15) is 28.7 Å². The van der Waals surface area contributed by atoms with Gasteiger partial charge >= 0.3 is 12.3 Å². The number of nitrogens with zero attached hydrogens (tertiary/aromatic N) is 3. The minimum Gasteiger partial charge on any atom is -0.598 e. The van der Waals surface area contributed by atoms with Gasteiger partial charge in [0.1, 0.15) is 21.7 Å². The average Bonchev–Trinajstić information content (AvgIpc) is 2.71. The highest BCUT2D eigenvalue weighted by Crippen LogP contribution is 2.39. The number of ether oxygens (including phenoxy) is 1. The highest BCUT2D eigenvalue weighted by molar-refractivity contribution is 9.10. The molecule has 1 heterocycles. The Hall–Kier alpha value is -2.24. The van der Waals surface area contributed by atoms with Gasteiger partial charge in [-0.3, -0.25) is 10.1 Å². The van der Waals surface area contributed by atoms with Gasteiger partial charge < -0.3 is 14.6 Å². The van der Waals surface area contributed by atoms with Crippen molar-refractivity contribution in [2.75, 3.05) is 5.32 Å². The van der Waals surface area contributed by atoms with Crippen LogP contribution in [-0.4, -0.2) is 31.9 Å². The van der Waals surface area contributed by atoms with Crippen LogP contribution in [0.3, 0.4) is 0 Å². The van der Waals surface area contributed by atoms with Crippen molar-refractivity contribution in [2.45, 2.75) is 50.6 Å². The van der Waals surface area contributed by atoms with Gasteiger partial charge in [0.05, 0.1) is 17.0 Å². The van der Waals surface area contributed by atoms with Gasteiger partial charge in [-0.25, -0.2) is 4.98 Å². The molecule has 1 aromatic carbocycles. The van der Waals surface area contributed by atoms with Gasteiger partial charge in [-0.05, 0) is 39.0 Å². The van der Waals surface area contributed by atoms with Gasteiger partial charge in [0.2, 0.25) is 5.82 Å². The first-order valence-corrected chi connectivity index (χ1v) is 12.0. The number of alkyl halides is 2. The van der Waals surface area contributed by atoms with E-state index >= 15 is 0 Å². The molecular formula is C20H21BrClF2N5O4S. The maximum absolute atomic E-state index is 13.1. The van der Waals surface area contributed by atoms with E-state index in [1.165, 1.54) is 18.2 Å². The molecule has 0 fully saturated rings. The summed E-state index contributed by atoms with van der Waals surface area (Å²) >= 11 is 7.59. The number of nitrogens with one attached hydrogen (secondary N) is 2. The normalized spacial score (nSPS) is 14.2. The Morgan fingerprint density at radius 2 is 2.03 bits per heavy atom. The minimum atomic E-state index is -3.15. The van der Waals surface area contributed by atoms with Crippen LogP contribution in [0.2, 0.25) is 5.15 Å². The molecule has 0 saturated heterocycles. The molecule has 0 saturated carbocycles. The Morgan fingerprint density at radius 1 is 1.35 bits per heavy atom. The Bertz CT molecular complexity index is 1070. The second-order valence-corrected chi connectivity index (χ2v) is 11.1. The zero-order chi connectivity index (χ0) is 25.6. The number of anilines is 1. The Kier molecular flexibility index (Phi) is 9.84. The molecule has 184 valence electrons. The quantitative estimate of drug-likeness (QED) is 0.163. The summed E-state index contributed by atoms with van der Waals surface area (Å²) in [6.45, 7) is 1.98. The molecule has 2 aromatic rings. The van der Waals surface area contributed by atoms with Crippen molar-refractivity contribution in [1.82, 2.24) is 9.71 Å². The summed E-state index contributed by atoms with van der Waals surface area (Å²) < 4.78 is 45.7. The second kappa shape index (κ2) is 11.9. The lowest BCUT2D eigenvalue weighted by Crippen LogP contribution is -2.45. The van der Waals surface area contributed by atoms with E-state index in [1.807, 2.05) is 6.07 Å². The second-order valence-electron chi connectivity index (χ2n) is 7.90. The van der Waals surface area contributed by atoms with Gasteiger partial charge in [0.15, 0.2) is 0 Å². The first-order chi connectivity index (χ1) is 15.8. The van der Waals surface area contributed by atoms with Crippen LogP contribution in [0.15, 0.2) is 34.8 Å². The number of nitro groups is 1. The Morgan fingerprint density at radius 3 is 2.59 bits per heavy atom. The van der Waals surface area contributed by atoms with Crippen LogP contribution in [0, 0.1) is 21.4 Å². The molecule has 3 atom stereocenters. The summed E-state index contributed by atoms with van der Waals surface area (Å²) in [7, 11) is 0. The van der Waals surface area contributed by atoms with Gasteiger partial charge in [0.25, 0.3) is 0 Å². The lowest BCUT2D eigenvalue weighted by atomic mass is 9.99. The molecule has 0 spiro atoms. The highest BCUT2D eigenvalue weighted by atomic mass is 79.9. The lowest BCUT2D eigenvalue weighted by Gasteiger charge is -2.28. The van der Waals surface area contributed by atoms with Crippen LogP contribution in [-0.2, 0) is 11.4 Å². The smallest absolute Gasteiger partial charge is 0.387 e. The SMILES string of the molecule is CC(C)(C)[S@@+]([O-])N[C@@H](C#N)C[C@@H](Nc1nc(Cl)ccc1[N+](=O)[O-])c1c(Br)cccc1OC(F)F. The molecule has 0 unspecified atom stereocenters. The van der Waals surface area contributed by atoms with Gasteiger partial charge in [0, 0.05) is 33.9 Å². The molecule has 0 amide bonds. The van der Waals surface area contributed by atoms with E-state index in [4.69, 9.17) is 11.6 Å². The van der Waals surface area contributed by atoms with Gasteiger partial charge in [-0.15, -0.1) is 4.72 Å². The molecule has 2 rings (SSSR count). The summed E-state index contributed by atoms with van der Waals surface area (Å²) in [4.78, 5) is 14.8. The van der Waals surface area contributed by atoms with Crippen LogP contribution in [0.1, 0.15) is 38.8 Å². The number of benzene rings is 1. The standard InChI is InChI=1S/C20H21BrClF2N5O4S/c1-20(2,3)34(32)28-11(10-25)9-13(17-12(21)5-4-6-15(17)33-19(23)24)26-18-14(29(30)31)7-8-16(22)27-18/h4-8,11,13,19,28H,9H2,1-3H3,(H,26,27)/t11-,13-,34-/m1/s1. The fourth-order valence-electron chi connectivity index (χ4n) is 2.82. The van der Waals surface area contributed by atoms with Crippen LogP contribution in [0.25, 0.3) is 0 Å². The number of hydrogen-bond acceptors (Lipinski definition) is 8.